The molecule has 0 aromatic carbocycles. The first-order valence-electron chi connectivity index (χ1n) is 6.79. The molecule has 1 rings (SSSR count). The highest BCUT2D eigenvalue weighted by atomic mass is 32.2. The van der Waals surface area contributed by atoms with Gasteiger partial charge in [0.25, 0.3) is 0 Å². The smallest absolute Gasteiger partial charge is 0.332 e. The Bertz CT molecular complexity index is 472. The van der Waals surface area contributed by atoms with Gasteiger partial charge in [-0.1, -0.05) is 0 Å². The van der Waals surface area contributed by atoms with Crippen LogP contribution in [-0.2, 0) is 0 Å². The Labute approximate surface area is 127 Å². The number of aryl methyl sites for hydroxylation is 1. The molecule has 3 N–H and O–H groups in total. The van der Waals surface area contributed by atoms with E-state index in [4.69, 9.17) is 5.11 Å². The normalized spacial score (nSPS) is 10.4. The summed E-state index contributed by atoms with van der Waals surface area (Å²) in [6.45, 7) is 4.91. The maximum absolute atomic E-state index is 11.1. The lowest BCUT2D eigenvalue weighted by Crippen LogP contribution is -2.13. The van der Waals surface area contributed by atoms with Gasteiger partial charge in [-0.25, -0.2) is 4.98 Å². The molecule has 0 unspecified atom stereocenters. The van der Waals surface area contributed by atoms with Crippen molar-refractivity contribution in [2.75, 3.05) is 41.8 Å². The van der Waals surface area contributed by atoms with Crippen LogP contribution in [-0.4, -0.2) is 51.2 Å². The van der Waals surface area contributed by atoms with E-state index < -0.39 is 4.92 Å². The van der Waals surface area contributed by atoms with Crippen LogP contribution in [0.5, 0.6) is 0 Å². The number of anilines is 2. The van der Waals surface area contributed by atoms with E-state index in [9.17, 15) is 10.1 Å². The molecule has 0 fully saturated rings. The zero-order valence-corrected chi connectivity index (χ0v) is 13.1. The standard InChI is InChI=1S/C12H21N5O3S/c1-3-13-12-15-9(2)10(17(19)20)11(16-12)14-5-8-21-7-4-6-18/h18H,3-8H2,1-2H3,(H2,13,14,15,16). The van der Waals surface area contributed by atoms with Crippen molar-refractivity contribution < 1.29 is 10.0 Å². The van der Waals surface area contributed by atoms with E-state index in [0.29, 0.717) is 24.7 Å². The molecule has 9 heteroatoms. The topological polar surface area (TPSA) is 113 Å². The van der Waals surface area contributed by atoms with Crippen LogP contribution in [0.2, 0.25) is 0 Å². The highest BCUT2D eigenvalue weighted by Gasteiger charge is 2.21. The van der Waals surface area contributed by atoms with E-state index in [1.165, 1.54) is 0 Å². The summed E-state index contributed by atoms with van der Waals surface area (Å²) in [6.07, 6.45) is 0.752. The Hall–Kier alpha value is -1.61. The van der Waals surface area contributed by atoms with Crippen LogP contribution in [0.25, 0.3) is 0 Å². The molecule has 0 aliphatic carbocycles. The Morgan fingerprint density at radius 2 is 2.10 bits per heavy atom. The molecule has 0 amide bonds. The van der Waals surface area contributed by atoms with Gasteiger partial charge in [0.15, 0.2) is 0 Å². The molecule has 0 radical (unpaired) electrons. The first-order chi connectivity index (χ1) is 10.1. The lowest BCUT2D eigenvalue weighted by molar-refractivity contribution is -0.385. The van der Waals surface area contributed by atoms with Crippen molar-refractivity contribution in [1.29, 1.82) is 0 Å². The minimum Gasteiger partial charge on any atom is -0.396 e. The molecular weight excluding hydrogens is 294 g/mol. The summed E-state index contributed by atoms with van der Waals surface area (Å²) in [6, 6.07) is 0. The molecule has 0 atom stereocenters. The fourth-order valence-corrected chi connectivity index (χ4v) is 2.44. The van der Waals surface area contributed by atoms with E-state index in [1.807, 2.05) is 6.92 Å². The minimum atomic E-state index is -0.466. The van der Waals surface area contributed by atoms with Crippen LogP contribution >= 0.6 is 11.8 Å². The number of aliphatic hydroxyl groups is 1. The SMILES string of the molecule is CCNc1nc(C)c([N+](=O)[O-])c(NCCSCCCO)n1. The van der Waals surface area contributed by atoms with Gasteiger partial charge in [0, 0.05) is 25.4 Å². The molecule has 118 valence electrons. The number of nitrogens with one attached hydrogen (secondary N) is 2. The van der Waals surface area contributed by atoms with Crippen LogP contribution < -0.4 is 10.6 Å². The summed E-state index contributed by atoms with van der Waals surface area (Å²) in [5, 5.41) is 25.8. The molecule has 0 bridgehead atoms. The number of nitro groups is 1. The number of thioether (sulfide) groups is 1. The molecule has 1 heterocycles. The number of rotatable bonds is 10. The molecule has 0 aliphatic heterocycles. The van der Waals surface area contributed by atoms with E-state index >= 15 is 0 Å². The first-order valence-corrected chi connectivity index (χ1v) is 7.95. The van der Waals surface area contributed by atoms with Crippen molar-refractivity contribution >= 4 is 29.2 Å². The lowest BCUT2D eigenvalue weighted by Gasteiger charge is -2.10. The predicted molar refractivity (Wildman–Crippen MR) is 85.1 cm³/mol. The van der Waals surface area contributed by atoms with Gasteiger partial charge in [-0.15, -0.1) is 0 Å². The van der Waals surface area contributed by atoms with Crippen LogP contribution in [0.15, 0.2) is 0 Å². The summed E-state index contributed by atoms with van der Waals surface area (Å²) in [4.78, 5) is 18.9. The first kappa shape index (κ1) is 17.4. The maximum atomic E-state index is 11.1. The van der Waals surface area contributed by atoms with Crippen molar-refractivity contribution in [2.24, 2.45) is 0 Å². The molecule has 8 nitrogen and oxygen atoms in total. The maximum Gasteiger partial charge on any atom is 0.332 e. The van der Waals surface area contributed by atoms with Gasteiger partial charge in [-0.2, -0.15) is 16.7 Å². The van der Waals surface area contributed by atoms with Gasteiger partial charge in [-0.05, 0) is 26.0 Å². The Morgan fingerprint density at radius 1 is 1.33 bits per heavy atom. The van der Waals surface area contributed by atoms with Crippen LogP contribution in [0.4, 0.5) is 17.5 Å². The third-order valence-electron chi connectivity index (χ3n) is 2.56. The largest absolute Gasteiger partial charge is 0.396 e. The van der Waals surface area contributed by atoms with Gasteiger partial charge in [-0.3, -0.25) is 10.1 Å². The second kappa shape index (κ2) is 9.35. The van der Waals surface area contributed by atoms with Crippen LogP contribution in [0, 0.1) is 17.0 Å². The summed E-state index contributed by atoms with van der Waals surface area (Å²) in [5.74, 6) is 2.28. The van der Waals surface area contributed by atoms with Crippen molar-refractivity contribution in [3.05, 3.63) is 15.8 Å². The second-order valence-electron chi connectivity index (χ2n) is 4.23. The fourth-order valence-electron chi connectivity index (χ4n) is 1.66. The van der Waals surface area contributed by atoms with E-state index in [2.05, 4.69) is 20.6 Å². The number of aliphatic hydroxyl groups excluding tert-OH is 1. The number of hydrogen-bond acceptors (Lipinski definition) is 8. The molecule has 1 aromatic heterocycles. The molecule has 0 spiro atoms. The second-order valence-corrected chi connectivity index (χ2v) is 5.46. The van der Waals surface area contributed by atoms with Crippen molar-refractivity contribution in [1.82, 2.24) is 9.97 Å². The third-order valence-corrected chi connectivity index (χ3v) is 3.63. The Morgan fingerprint density at radius 3 is 2.71 bits per heavy atom. The molecular formula is C12H21N5O3S. The Kier molecular flexibility index (Phi) is 7.76. The minimum absolute atomic E-state index is 0.0861. The zero-order chi connectivity index (χ0) is 15.7. The molecule has 21 heavy (non-hydrogen) atoms. The van der Waals surface area contributed by atoms with E-state index in [1.54, 1.807) is 18.7 Å². The van der Waals surface area contributed by atoms with Crippen LogP contribution in [0.1, 0.15) is 19.0 Å². The predicted octanol–water partition coefficient (Wildman–Crippen LogP) is 1.65. The fraction of sp³-hybridized carbons (Fsp3) is 0.667. The van der Waals surface area contributed by atoms with Crippen LogP contribution in [0.3, 0.4) is 0 Å². The molecule has 0 saturated heterocycles. The number of aromatic nitrogens is 2. The average molecular weight is 315 g/mol. The lowest BCUT2D eigenvalue weighted by atomic mass is 10.3. The van der Waals surface area contributed by atoms with Gasteiger partial charge < -0.3 is 15.7 Å². The van der Waals surface area contributed by atoms with Gasteiger partial charge in [0.05, 0.1) is 4.92 Å². The highest BCUT2D eigenvalue weighted by molar-refractivity contribution is 7.99. The Balaban J connectivity index is 2.71. The van der Waals surface area contributed by atoms with E-state index in [0.717, 1.165) is 17.9 Å². The summed E-state index contributed by atoms with van der Waals surface area (Å²) in [7, 11) is 0. The van der Waals surface area contributed by atoms with Crippen molar-refractivity contribution in [3.8, 4) is 0 Å². The summed E-state index contributed by atoms with van der Waals surface area (Å²) in [5.41, 5.74) is 0.249. The quantitative estimate of drug-likeness (QED) is 0.339. The molecule has 0 aliphatic rings. The zero-order valence-electron chi connectivity index (χ0n) is 12.3. The summed E-state index contributed by atoms with van der Waals surface area (Å²) >= 11 is 1.68. The number of hydrogen-bond donors (Lipinski definition) is 3. The van der Waals surface area contributed by atoms with Crippen molar-refractivity contribution in [2.45, 2.75) is 20.3 Å². The van der Waals surface area contributed by atoms with Gasteiger partial charge in [0.2, 0.25) is 11.8 Å². The van der Waals surface area contributed by atoms with Gasteiger partial charge in [0.1, 0.15) is 5.69 Å². The summed E-state index contributed by atoms with van der Waals surface area (Å²) < 4.78 is 0. The third kappa shape index (κ3) is 5.72. The number of nitrogens with zero attached hydrogens (tertiary/aromatic N) is 3. The molecule has 0 saturated carbocycles. The van der Waals surface area contributed by atoms with Gasteiger partial charge >= 0.3 is 5.69 Å². The highest BCUT2D eigenvalue weighted by Crippen LogP contribution is 2.26. The van der Waals surface area contributed by atoms with E-state index in [-0.39, 0.29) is 18.1 Å². The molecule has 1 aromatic rings. The average Bonchev–Trinajstić information content (AvgIpc) is 2.42. The monoisotopic (exact) mass is 315 g/mol. The van der Waals surface area contributed by atoms with Crippen molar-refractivity contribution in [3.63, 3.8) is 0 Å².